The highest BCUT2D eigenvalue weighted by molar-refractivity contribution is 7.89. The van der Waals surface area contributed by atoms with Crippen molar-refractivity contribution in [3.05, 3.63) is 36.2 Å². The number of hydrogen-bond donors (Lipinski definition) is 4. The van der Waals surface area contributed by atoms with Gasteiger partial charge in [-0.25, -0.2) is 18.1 Å². The Morgan fingerprint density at radius 3 is 2.83 bits per heavy atom. The van der Waals surface area contributed by atoms with Gasteiger partial charge in [-0.3, -0.25) is 0 Å². The van der Waals surface area contributed by atoms with E-state index in [9.17, 15) is 8.42 Å². The van der Waals surface area contributed by atoms with E-state index in [1.54, 1.807) is 12.4 Å². The highest BCUT2D eigenvalue weighted by atomic mass is 32.2. The van der Waals surface area contributed by atoms with E-state index in [-0.39, 0.29) is 18.0 Å². The van der Waals surface area contributed by atoms with Crippen LogP contribution in [0.5, 0.6) is 0 Å². The van der Waals surface area contributed by atoms with E-state index in [1.807, 2.05) is 0 Å². The van der Waals surface area contributed by atoms with Crippen molar-refractivity contribution in [1.82, 2.24) is 19.7 Å². The van der Waals surface area contributed by atoms with E-state index in [2.05, 4.69) is 19.7 Å². The molecule has 8 heteroatoms. The first kappa shape index (κ1) is 12.8. The normalized spacial score (nSPS) is 11.8. The lowest BCUT2D eigenvalue weighted by molar-refractivity contribution is 0.277. The summed E-state index contributed by atoms with van der Waals surface area (Å²) in [5.74, 6) is 0.725. The van der Waals surface area contributed by atoms with Crippen LogP contribution in [0, 0.1) is 0 Å². The van der Waals surface area contributed by atoms with Crippen LogP contribution in [0.25, 0.3) is 0 Å². The number of rotatable bonds is 6. The standard InChI is InChI=1S/C10H14N4O3S/c15-7-8-5-9(6-13-8)18(16,17)14-2-1-10-11-3-4-12-10/h3-6,13-15H,1-2,7H2,(H,11,12). The average Bonchev–Trinajstić information content (AvgIpc) is 2.99. The zero-order chi connectivity index (χ0) is 13.0. The van der Waals surface area contributed by atoms with Crippen LogP contribution >= 0.6 is 0 Å². The van der Waals surface area contributed by atoms with Crippen LogP contribution in [0.1, 0.15) is 11.5 Å². The predicted octanol–water partition coefficient (Wildman–Crippen LogP) is -0.249. The van der Waals surface area contributed by atoms with E-state index in [4.69, 9.17) is 5.11 Å². The van der Waals surface area contributed by atoms with Gasteiger partial charge in [-0.2, -0.15) is 0 Å². The largest absolute Gasteiger partial charge is 0.390 e. The first-order valence-corrected chi connectivity index (χ1v) is 6.86. The first-order valence-electron chi connectivity index (χ1n) is 5.38. The van der Waals surface area contributed by atoms with Gasteiger partial charge in [0.25, 0.3) is 0 Å². The molecular formula is C10H14N4O3S. The zero-order valence-corrected chi connectivity index (χ0v) is 10.4. The second-order valence-corrected chi connectivity index (χ2v) is 5.47. The fourth-order valence-electron chi connectivity index (χ4n) is 1.49. The van der Waals surface area contributed by atoms with E-state index in [1.165, 1.54) is 12.3 Å². The number of imidazole rings is 1. The molecule has 0 fully saturated rings. The minimum atomic E-state index is -3.54. The molecule has 0 saturated heterocycles. The van der Waals surface area contributed by atoms with Crippen molar-refractivity contribution in [2.24, 2.45) is 0 Å². The molecule has 0 radical (unpaired) electrons. The van der Waals surface area contributed by atoms with Crippen LogP contribution in [0.2, 0.25) is 0 Å². The van der Waals surface area contributed by atoms with Crippen molar-refractivity contribution in [1.29, 1.82) is 0 Å². The lowest BCUT2D eigenvalue weighted by Crippen LogP contribution is -2.25. The topological polar surface area (TPSA) is 111 Å². The van der Waals surface area contributed by atoms with Crippen molar-refractivity contribution in [3.8, 4) is 0 Å². The van der Waals surface area contributed by atoms with Gasteiger partial charge >= 0.3 is 0 Å². The maximum atomic E-state index is 11.8. The van der Waals surface area contributed by atoms with Gasteiger partial charge in [0.05, 0.1) is 11.5 Å². The molecule has 0 aliphatic carbocycles. The smallest absolute Gasteiger partial charge is 0.242 e. The third kappa shape index (κ3) is 2.97. The van der Waals surface area contributed by atoms with Gasteiger partial charge in [-0.05, 0) is 6.07 Å². The number of nitrogens with one attached hydrogen (secondary N) is 3. The van der Waals surface area contributed by atoms with Gasteiger partial charge in [0, 0.05) is 37.3 Å². The predicted molar refractivity (Wildman–Crippen MR) is 64.2 cm³/mol. The highest BCUT2D eigenvalue weighted by Crippen LogP contribution is 2.10. The number of aromatic nitrogens is 3. The Hall–Kier alpha value is -1.64. The number of hydrogen-bond acceptors (Lipinski definition) is 4. The third-order valence-electron chi connectivity index (χ3n) is 2.41. The number of aromatic amines is 2. The second kappa shape index (κ2) is 5.34. The average molecular weight is 270 g/mol. The summed E-state index contributed by atoms with van der Waals surface area (Å²) in [4.78, 5) is 9.68. The molecule has 2 aromatic heterocycles. The summed E-state index contributed by atoms with van der Waals surface area (Å²) in [7, 11) is -3.54. The van der Waals surface area contributed by atoms with Crippen molar-refractivity contribution in [2.75, 3.05) is 6.54 Å². The lowest BCUT2D eigenvalue weighted by Gasteiger charge is -2.03. The maximum Gasteiger partial charge on any atom is 0.242 e. The monoisotopic (exact) mass is 270 g/mol. The molecule has 0 amide bonds. The summed E-state index contributed by atoms with van der Waals surface area (Å²) in [5, 5.41) is 8.86. The molecule has 0 atom stereocenters. The number of aliphatic hydroxyl groups is 1. The van der Waals surface area contributed by atoms with Crippen LogP contribution in [-0.2, 0) is 23.1 Å². The molecule has 0 bridgehead atoms. The molecule has 0 saturated carbocycles. The Balaban J connectivity index is 1.95. The molecule has 0 unspecified atom stereocenters. The highest BCUT2D eigenvalue weighted by Gasteiger charge is 2.15. The van der Waals surface area contributed by atoms with Gasteiger partial charge in [-0.15, -0.1) is 0 Å². The van der Waals surface area contributed by atoms with Gasteiger partial charge in [-0.1, -0.05) is 0 Å². The van der Waals surface area contributed by atoms with Crippen LogP contribution in [0.15, 0.2) is 29.6 Å². The molecule has 98 valence electrons. The van der Waals surface area contributed by atoms with Crippen LogP contribution in [0.4, 0.5) is 0 Å². The molecular weight excluding hydrogens is 256 g/mol. The Morgan fingerprint density at radius 2 is 2.22 bits per heavy atom. The molecule has 2 rings (SSSR count). The maximum absolute atomic E-state index is 11.8. The molecule has 2 heterocycles. The van der Waals surface area contributed by atoms with Crippen LogP contribution in [-0.4, -0.2) is 35.0 Å². The minimum absolute atomic E-state index is 0.117. The molecule has 7 nitrogen and oxygen atoms in total. The summed E-state index contributed by atoms with van der Waals surface area (Å²) in [6, 6.07) is 1.40. The van der Waals surface area contributed by atoms with E-state index in [0.29, 0.717) is 12.1 Å². The summed E-state index contributed by atoms with van der Waals surface area (Å²) in [6.07, 6.45) is 5.14. The van der Waals surface area contributed by atoms with Crippen LogP contribution < -0.4 is 4.72 Å². The molecule has 4 N–H and O–H groups in total. The summed E-state index contributed by atoms with van der Waals surface area (Å²) >= 11 is 0. The molecule has 0 aliphatic rings. The molecule has 2 aromatic rings. The van der Waals surface area contributed by atoms with E-state index in [0.717, 1.165) is 5.82 Å². The second-order valence-electron chi connectivity index (χ2n) is 3.70. The SMILES string of the molecule is O=S(=O)(NCCc1ncc[nH]1)c1c[nH]c(CO)c1. The van der Waals surface area contributed by atoms with Crippen molar-refractivity contribution in [3.63, 3.8) is 0 Å². The fourth-order valence-corrected chi connectivity index (χ4v) is 2.54. The summed E-state index contributed by atoms with van der Waals surface area (Å²) in [6.45, 7) is 0.0391. The van der Waals surface area contributed by atoms with Crippen molar-refractivity contribution >= 4 is 10.0 Å². The molecule has 0 spiro atoms. The number of H-pyrrole nitrogens is 2. The van der Waals surface area contributed by atoms with Gasteiger partial charge < -0.3 is 15.1 Å². The fraction of sp³-hybridized carbons (Fsp3) is 0.300. The van der Waals surface area contributed by atoms with E-state index >= 15 is 0 Å². The van der Waals surface area contributed by atoms with Crippen LogP contribution in [0.3, 0.4) is 0 Å². The summed E-state index contributed by atoms with van der Waals surface area (Å²) < 4.78 is 26.2. The molecule has 0 aliphatic heterocycles. The van der Waals surface area contributed by atoms with Crippen molar-refractivity contribution < 1.29 is 13.5 Å². The Labute approximate surface area is 104 Å². The Bertz CT molecular complexity index is 588. The third-order valence-corrected chi connectivity index (χ3v) is 3.85. The molecule has 18 heavy (non-hydrogen) atoms. The first-order chi connectivity index (χ1) is 8.62. The summed E-state index contributed by atoms with van der Waals surface area (Å²) in [5.41, 5.74) is 0.460. The minimum Gasteiger partial charge on any atom is -0.390 e. The van der Waals surface area contributed by atoms with Crippen molar-refractivity contribution in [2.45, 2.75) is 17.9 Å². The molecule has 0 aromatic carbocycles. The Kier molecular flexibility index (Phi) is 3.80. The quantitative estimate of drug-likeness (QED) is 0.580. The van der Waals surface area contributed by atoms with Gasteiger partial charge in [0.1, 0.15) is 5.82 Å². The number of sulfonamides is 1. The zero-order valence-electron chi connectivity index (χ0n) is 9.55. The Morgan fingerprint density at radius 1 is 1.39 bits per heavy atom. The van der Waals surface area contributed by atoms with E-state index < -0.39 is 10.0 Å². The van der Waals surface area contributed by atoms with Gasteiger partial charge in [0.15, 0.2) is 0 Å². The number of aliphatic hydroxyl groups excluding tert-OH is 1. The number of nitrogens with zero attached hydrogens (tertiary/aromatic N) is 1. The van der Waals surface area contributed by atoms with Gasteiger partial charge in [0.2, 0.25) is 10.0 Å². The lowest BCUT2D eigenvalue weighted by atomic mass is 10.4.